The van der Waals surface area contributed by atoms with Crippen LogP contribution in [0, 0.1) is 11.8 Å². The lowest BCUT2D eigenvalue weighted by Gasteiger charge is -2.17. The first-order chi connectivity index (χ1) is 9.09. The molecule has 0 radical (unpaired) electrons. The Bertz CT molecular complexity index is 581. The average Bonchev–Trinajstić information content (AvgIpc) is 2.73. The van der Waals surface area contributed by atoms with Gasteiger partial charge in [0.25, 0.3) is 0 Å². The van der Waals surface area contributed by atoms with Crippen LogP contribution in [0.15, 0.2) is 12.1 Å². The first-order valence-corrected chi connectivity index (χ1v) is 8.93. The fraction of sp³-hybridized carbons (Fsp3) is 0.538. The fourth-order valence-electron chi connectivity index (χ4n) is 2.04. The number of sulfone groups is 1. The van der Waals surface area contributed by atoms with Gasteiger partial charge in [-0.3, -0.25) is 4.90 Å². The molecular formula is C13H18N2O2S2. The minimum Gasteiger partial charge on any atom is -0.320 e. The molecule has 1 saturated heterocycles. The highest BCUT2D eigenvalue weighted by molar-refractivity contribution is 7.91. The lowest BCUT2D eigenvalue weighted by atomic mass is 10.3. The van der Waals surface area contributed by atoms with Crippen molar-refractivity contribution in [1.29, 1.82) is 0 Å². The van der Waals surface area contributed by atoms with Gasteiger partial charge in [-0.25, -0.2) is 8.42 Å². The standard InChI is InChI=1S/C13H18N2O2S2/c14-6-1-3-12-4-5-13(18-12)11-15-7-2-9-19(16,17)10-8-15/h4-5H,2,6-11,14H2. The molecule has 0 amide bonds. The largest absolute Gasteiger partial charge is 0.320 e. The smallest absolute Gasteiger partial charge is 0.151 e. The van der Waals surface area contributed by atoms with Crippen LogP contribution < -0.4 is 5.73 Å². The zero-order chi connectivity index (χ0) is 13.7. The van der Waals surface area contributed by atoms with E-state index in [0.717, 1.165) is 24.4 Å². The molecule has 1 aromatic heterocycles. The van der Waals surface area contributed by atoms with Crippen LogP contribution in [0.5, 0.6) is 0 Å². The summed E-state index contributed by atoms with van der Waals surface area (Å²) in [5.74, 6) is 6.45. The molecule has 1 fully saturated rings. The number of nitrogens with zero attached hydrogens (tertiary/aromatic N) is 1. The van der Waals surface area contributed by atoms with E-state index in [-0.39, 0.29) is 5.75 Å². The quantitative estimate of drug-likeness (QED) is 0.816. The summed E-state index contributed by atoms with van der Waals surface area (Å²) in [5, 5.41) is 0. The molecule has 4 nitrogen and oxygen atoms in total. The van der Waals surface area contributed by atoms with Crippen LogP contribution in [0.2, 0.25) is 0 Å². The van der Waals surface area contributed by atoms with E-state index in [9.17, 15) is 8.42 Å². The van der Waals surface area contributed by atoms with Crippen LogP contribution >= 0.6 is 11.3 Å². The molecule has 2 rings (SSSR count). The van der Waals surface area contributed by atoms with Crippen LogP contribution in [0.1, 0.15) is 16.2 Å². The van der Waals surface area contributed by atoms with Gasteiger partial charge in [0.1, 0.15) is 0 Å². The molecule has 0 spiro atoms. The van der Waals surface area contributed by atoms with Crippen molar-refractivity contribution in [2.45, 2.75) is 13.0 Å². The van der Waals surface area contributed by atoms with Gasteiger partial charge >= 0.3 is 0 Å². The van der Waals surface area contributed by atoms with Crippen LogP contribution in [-0.2, 0) is 16.4 Å². The third-order valence-corrected chi connectivity index (χ3v) is 5.70. The van der Waals surface area contributed by atoms with E-state index in [1.165, 1.54) is 4.88 Å². The molecule has 0 aromatic carbocycles. The predicted molar refractivity (Wildman–Crippen MR) is 78.8 cm³/mol. The third kappa shape index (κ3) is 4.62. The van der Waals surface area contributed by atoms with Gasteiger partial charge in [-0.2, -0.15) is 0 Å². The Morgan fingerprint density at radius 1 is 1.32 bits per heavy atom. The Hall–Kier alpha value is -0.870. The van der Waals surface area contributed by atoms with Crippen LogP contribution in [0.3, 0.4) is 0 Å². The van der Waals surface area contributed by atoms with E-state index in [2.05, 4.69) is 22.8 Å². The zero-order valence-corrected chi connectivity index (χ0v) is 12.4. The third-order valence-electron chi connectivity index (χ3n) is 3.00. The summed E-state index contributed by atoms with van der Waals surface area (Å²) in [6.07, 6.45) is 0.730. The number of nitrogens with two attached hydrogens (primary N) is 1. The Morgan fingerprint density at radius 2 is 2.16 bits per heavy atom. The fourth-order valence-corrected chi connectivity index (χ4v) is 4.27. The number of hydrogen-bond acceptors (Lipinski definition) is 5. The summed E-state index contributed by atoms with van der Waals surface area (Å²) in [7, 11) is -2.83. The van der Waals surface area contributed by atoms with Crippen molar-refractivity contribution in [3.8, 4) is 11.8 Å². The molecule has 6 heteroatoms. The van der Waals surface area contributed by atoms with Gasteiger partial charge in [0.15, 0.2) is 9.84 Å². The minimum atomic E-state index is -2.83. The van der Waals surface area contributed by atoms with Gasteiger partial charge in [-0.1, -0.05) is 11.8 Å². The normalized spacial score (nSPS) is 19.4. The summed E-state index contributed by atoms with van der Waals surface area (Å²) < 4.78 is 23.1. The molecule has 1 aliphatic heterocycles. The molecule has 104 valence electrons. The molecule has 1 aliphatic rings. The molecule has 0 bridgehead atoms. The van der Waals surface area contributed by atoms with Crippen LogP contribution in [0.4, 0.5) is 0 Å². The predicted octanol–water partition coefficient (Wildman–Crippen LogP) is 0.679. The first kappa shape index (κ1) is 14.5. The molecule has 19 heavy (non-hydrogen) atoms. The van der Waals surface area contributed by atoms with Gasteiger partial charge in [0, 0.05) is 18.0 Å². The van der Waals surface area contributed by atoms with Gasteiger partial charge in [0.2, 0.25) is 0 Å². The first-order valence-electron chi connectivity index (χ1n) is 6.29. The average molecular weight is 298 g/mol. The van der Waals surface area contributed by atoms with E-state index in [4.69, 9.17) is 5.73 Å². The second-order valence-electron chi connectivity index (χ2n) is 4.55. The number of hydrogen-bond donors (Lipinski definition) is 1. The van der Waals surface area contributed by atoms with E-state index >= 15 is 0 Å². The molecule has 0 saturated carbocycles. The monoisotopic (exact) mass is 298 g/mol. The molecule has 0 atom stereocenters. The van der Waals surface area contributed by atoms with E-state index in [0.29, 0.717) is 18.8 Å². The molecule has 1 aromatic rings. The van der Waals surface area contributed by atoms with Crippen molar-refractivity contribution >= 4 is 21.2 Å². The minimum absolute atomic E-state index is 0.276. The van der Waals surface area contributed by atoms with Gasteiger partial charge in [-0.05, 0) is 25.1 Å². The molecule has 0 unspecified atom stereocenters. The second-order valence-corrected chi connectivity index (χ2v) is 8.03. The van der Waals surface area contributed by atoms with Crippen molar-refractivity contribution in [2.24, 2.45) is 5.73 Å². The highest BCUT2D eigenvalue weighted by Crippen LogP contribution is 2.18. The number of thiophene rings is 1. The zero-order valence-electron chi connectivity index (χ0n) is 10.8. The van der Waals surface area contributed by atoms with E-state index in [1.54, 1.807) is 11.3 Å². The molecule has 2 N–H and O–H groups in total. The highest BCUT2D eigenvalue weighted by atomic mass is 32.2. The summed E-state index contributed by atoms with van der Waals surface area (Å²) in [5.41, 5.74) is 5.34. The van der Waals surface area contributed by atoms with Gasteiger partial charge < -0.3 is 5.73 Å². The van der Waals surface area contributed by atoms with Crippen LogP contribution in [-0.4, -0.2) is 44.5 Å². The lowest BCUT2D eigenvalue weighted by molar-refractivity contribution is 0.290. The summed E-state index contributed by atoms with van der Waals surface area (Å²) in [6.45, 7) is 2.66. The Labute approximate surface area is 118 Å². The van der Waals surface area contributed by atoms with Crippen molar-refractivity contribution in [1.82, 2.24) is 4.90 Å². The Kier molecular flexibility index (Phi) is 4.99. The van der Waals surface area contributed by atoms with Gasteiger partial charge in [0.05, 0.1) is 22.9 Å². The summed E-state index contributed by atoms with van der Waals surface area (Å²) >= 11 is 1.65. The maximum atomic E-state index is 11.5. The molecular weight excluding hydrogens is 280 g/mol. The summed E-state index contributed by atoms with van der Waals surface area (Å²) in [6, 6.07) is 4.06. The molecule has 0 aliphatic carbocycles. The van der Waals surface area contributed by atoms with E-state index in [1.807, 2.05) is 6.07 Å². The summed E-state index contributed by atoms with van der Waals surface area (Å²) in [4.78, 5) is 4.44. The molecule has 2 heterocycles. The van der Waals surface area contributed by atoms with E-state index < -0.39 is 9.84 Å². The highest BCUT2D eigenvalue weighted by Gasteiger charge is 2.19. The lowest BCUT2D eigenvalue weighted by Crippen LogP contribution is -2.26. The maximum Gasteiger partial charge on any atom is 0.151 e. The van der Waals surface area contributed by atoms with Crippen molar-refractivity contribution in [3.63, 3.8) is 0 Å². The van der Waals surface area contributed by atoms with Crippen molar-refractivity contribution in [3.05, 3.63) is 21.9 Å². The van der Waals surface area contributed by atoms with Crippen molar-refractivity contribution in [2.75, 3.05) is 31.1 Å². The topological polar surface area (TPSA) is 63.4 Å². The maximum absolute atomic E-state index is 11.5. The Balaban J connectivity index is 1.95. The van der Waals surface area contributed by atoms with Gasteiger partial charge in [-0.15, -0.1) is 11.3 Å². The van der Waals surface area contributed by atoms with Crippen molar-refractivity contribution < 1.29 is 8.42 Å². The second kappa shape index (κ2) is 6.53. The van der Waals surface area contributed by atoms with Crippen LogP contribution in [0.25, 0.3) is 0 Å². The SMILES string of the molecule is NCC#Cc1ccc(CN2CCCS(=O)(=O)CC2)s1. The number of rotatable bonds is 2. The Morgan fingerprint density at radius 3 is 2.95 bits per heavy atom.